The van der Waals surface area contributed by atoms with Crippen LogP contribution in [-0.4, -0.2) is 33.6 Å². The lowest BCUT2D eigenvalue weighted by atomic mass is 10.2. The molecule has 0 aliphatic heterocycles. The lowest BCUT2D eigenvalue weighted by molar-refractivity contribution is 0.0685. The Hall–Kier alpha value is -2.77. The Balaban J connectivity index is 1.72. The largest absolute Gasteiger partial charge is 0.467 e. The van der Waals surface area contributed by atoms with Gasteiger partial charge in [0.1, 0.15) is 11.5 Å². The van der Waals surface area contributed by atoms with Crippen molar-refractivity contribution in [2.24, 2.45) is 0 Å². The van der Waals surface area contributed by atoms with Gasteiger partial charge in [-0.15, -0.1) is 0 Å². The van der Waals surface area contributed by atoms with E-state index in [4.69, 9.17) is 8.83 Å². The molecule has 28 heavy (non-hydrogen) atoms. The molecule has 4 rings (SSSR count). The van der Waals surface area contributed by atoms with Crippen LogP contribution >= 0.6 is 15.9 Å². The number of amides is 1. The third-order valence-electron chi connectivity index (χ3n) is 4.55. The number of benzene rings is 1. The lowest BCUT2D eigenvalue weighted by Crippen LogP contribution is -2.34. The van der Waals surface area contributed by atoms with E-state index in [9.17, 15) is 9.90 Å². The summed E-state index contributed by atoms with van der Waals surface area (Å²) in [4.78, 5) is 14.9. The molecule has 0 radical (unpaired) electrons. The van der Waals surface area contributed by atoms with E-state index < -0.39 is 0 Å². The first-order valence-electron chi connectivity index (χ1n) is 8.90. The van der Waals surface area contributed by atoms with Crippen molar-refractivity contribution in [2.45, 2.75) is 13.1 Å². The van der Waals surface area contributed by atoms with Crippen LogP contribution in [0.25, 0.3) is 11.1 Å². The number of hydrogen-bond donors (Lipinski definition) is 1. The number of carbonyl (C=O) groups excluding carboxylic acids is 1. The van der Waals surface area contributed by atoms with E-state index in [1.165, 1.54) is 0 Å². The van der Waals surface area contributed by atoms with E-state index in [0.29, 0.717) is 28.3 Å². The van der Waals surface area contributed by atoms with Crippen LogP contribution in [0.15, 0.2) is 74.4 Å². The third kappa shape index (κ3) is 3.76. The molecular formula is C21H19BrN2O4. The first kappa shape index (κ1) is 18.6. The minimum absolute atomic E-state index is 0.131. The van der Waals surface area contributed by atoms with E-state index in [1.807, 2.05) is 47.0 Å². The molecule has 0 saturated carbocycles. The topological polar surface area (TPSA) is 71.8 Å². The fourth-order valence-electron chi connectivity index (χ4n) is 3.25. The number of aliphatic hydroxyl groups excluding tert-OH is 1. The molecular weight excluding hydrogens is 424 g/mol. The van der Waals surface area contributed by atoms with Gasteiger partial charge in [-0.05, 0) is 33.6 Å². The van der Waals surface area contributed by atoms with Gasteiger partial charge in [0.25, 0.3) is 5.91 Å². The summed E-state index contributed by atoms with van der Waals surface area (Å²) in [5, 5.41) is 9.45. The lowest BCUT2D eigenvalue weighted by Gasteiger charge is -2.21. The molecule has 0 aliphatic rings. The SMILES string of the molecule is O=C(c1cc2oc(Br)cc2n1Cc1ccccc1)N(CCO)Cc1ccco1. The molecule has 0 fully saturated rings. The number of fused-ring (bicyclic) bond motifs is 1. The normalized spacial score (nSPS) is 11.2. The van der Waals surface area contributed by atoms with Crippen molar-refractivity contribution in [3.63, 3.8) is 0 Å². The summed E-state index contributed by atoms with van der Waals surface area (Å²) in [6.45, 7) is 0.897. The van der Waals surface area contributed by atoms with Gasteiger partial charge >= 0.3 is 0 Å². The van der Waals surface area contributed by atoms with Crippen molar-refractivity contribution in [1.82, 2.24) is 9.47 Å². The quantitative estimate of drug-likeness (QED) is 0.463. The molecule has 7 heteroatoms. The Morgan fingerprint density at radius 1 is 1.14 bits per heavy atom. The number of nitrogens with zero attached hydrogens (tertiary/aromatic N) is 2. The number of aliphatic hydroxyl groups is 1. The molecule has 1 amide bonds. The van der Waals surface area contributed by atoms with Gasteiger partial charge in [0.15, 0.2) is 10.3 Å². The summed E-state index contributed by atoms with van der Waals surface area (Å²) >= 11 is 3.36. The van der Waals surface area contributed by atoms with Crippen molar-refractivity contribution < 1.29 is 18.7 Å². The van der Waals surface area contributed by atoms with Gasteiger partial charge < -0.3 is 23.4 Å². The number of hydrogen-bond acceptors (Lipinski definition) is 4. The summed E-state index contributed by atoms with van der Waals surface area (Å²) in [7, 11) is 0. The number of rotatable bonds is 7. The maximum absolute atomic E-state index is 13.3. The first-order chi connectivity index (χ1) is 13.7. The number of furan rings is 2. The molecule has 3 heterocycles. The van der Waals surface area contributed by atoms with Crippen molar-refractivity contribution >= 4 is 32.9 Å². The van der Waals surface area contributed by atoms with Crippen LogP contribution in [0.4, 0.5) is 0 Å². The van der Waals surface area contributed by atoms with Gasteiger partial charge in [0, 0.05) is 25.2 Å². The second kappa shape index (κ2) is 8.08. The summed E-state index contributed by atoms with van der Waals surface area (Å²) in [6, 6.07) is 17.1. The zero-order chi connectivity index (χ0) is 19.5. The van der Waals surface area contributed by atoms with Crippen LogP contribution in [0.5, 0.6) is 0 Å². The zero-order valence-corrected chi connectivity index (χ0v) is 16.6. The van der Waals surface area contributed by atoms with Crippen molar-refractivity contribution in [2.75, 3.05) is 13.2 Å². The van der Waals surface area contributed by atoms with Crippen LogP contribution in [0, 0.1) is 0 Å². The molecule has 0 aliphatic carbocycles. The fraction of sp³-hybridized carbons (Fsp3) is 0.190. The second-order valence-electron chi connectivity index (χ2n) is 6.43. The highest BCUT2D eigenvalue weighted by Crippen LogP contribution is 2.28. The Morgan fingerprint density at radius 2 is 1.96 bits per heavy atom. The number of aromatic nitrogens is 1. The molecule has 6 nitrogen and oxygen atoms in total. The van der Waals surface area contributed by atoms with Gasteiger partial charge in [0.2, 0.25) is 0 Å². The third-order valence-corrected chi connectivity index (χ3v) is 4.94. The maximum atomic E-state index is 13.3. The predicted octanol–water partition coefficient (Wildman–Crippen LogP) is 4.27. The summed E-state index contributed by atoms with van der Waals surface area (Å²) in [6.07, 6.45) is 1.57. The standard InChI is InChI=1S/C21H19BrN2O4/c22-20-12-17-19(28-20)11-18(24(17)13-15-5-2-1-3-6-15)21(26)23(8-9-25)14-16-7-4-10-27-16/h1-7,10-12,25H,8-9,13-14H2. The van der Waals surface area contributed by atoms with Crippen molar-refractivity contribution in [1.29, 1.82) is 0 Å². The average molecular weight is 443 g/mol. The van der Waals surface area contributed by atoms with Crippen molar-refractivity contribution in [3.8, 4) is 0 Å². The molecule has 1 N–H and O–H groups in total. The Labute approximate surface area is 170 Å². The van der Waals surface area contributed by atoms with Gasteiger partial charge in [-0.2, -0.15) is 0 Å². The maximum Gasteiger partial charge on any atom is 0.271 e. The number of halogens is 1. The zero-order valence-electron chi connectivity index (χ0n) is 15.0. The Kier molecular flexibility index (Phi) is 5.36. The summed E-state index contributed by atoms with van der Waals surface area (Å²) < 4.78 is 13.6. The fourth-order valence-corrected chi connectivity index (χ4v) is 3.64. The highest BCUT2D eigenvalue weighted by atomic mass is 79.9. The summed E-state index contributed by atoms with van der Waals surface area (Å²) in [5.74, 6) is 0.471. The number of carbonyl (C=O) groups is 1. The van der Waals surface area contributed by atoms with Crippen LogP contribution in [0.2, 0.25) is 0 Å². The van der Waals surface area contributed by atoms with Gasteiger partial charge in [0.05, 0.1) is 24.9 Å². The van der Waals surface area contributed by atoms with Crippen LogP contribution in [-0.2, 0) is 13.1 Å². The average Bonchev–Trinajstić information content (AvgIpc) is 3.40. The molecule has 0 spiro atoms. The molecule has 3 aromatic heterocycles. The molecule has 0 saturated heterocycles. The summed E-state index contributed by atoms with van der Waals surface area (Å²) in [5.41, 5.74) is 3.05. The minimum atomic E-state index is -0.191. The molecule has 144 valence electrons. The molecule has 0 atom stereocenters. The Bertz CT molecular complexity index is 1070. The van der Waals surface area contributed by atoms with Gasteiger partial charge in [-0.1, -0.05) is 30.3 Å². The predicted molar refractivity (Wildman–Crippen MR) is 108 cm³/mol. The van der Waals surface area contributed by atoms with E-state index in [1.54, 1.807) is 23.3 Å². The van der Waals surface area contributed by atoms with Gasteiger partial charge in [-0.3, -0.25) is 4.79 Å². The molecule has 0 bridgehead atoms. The van der Waals surface area contributed by atoms with E-state index >= 15 is 0 Å². The first-order valence-corrected chi connectivity index (χ1v) is 9.70. The van der Waals surface area contributed by atoms with Crippen LogP contribution in [0.3, 0.4) is 0 Å². The van der Waals surface area contributed by atoms with Crippen LogP contribution in [0.1, 0.15) is 21.8 Å². The molecule has 4 aromatic rings. The van der Waals surface area contributed by atoms with Gasteiger partial charge in [-0.25, -0.2) is 0 Å². The minimum Gasteiger partial charge on any atom is -0.467 e. The highest BCUT2D eigenvalue weighted by molar-refractivity contribution is 9.10. The van der Waals surface area contributed by atoms with Crippen molar-refractivity contribution in [3.05, 3.63) is 82.5 Å². The smallest absolute Gasteiger partial charge is 0.271 e. The second-order valence-corrected chi connectivity index (χ2v) is 7.21. The van der Waals surface area contributed by atoms with E-state index in [2.05, 4.69) is 15.9 Å². The molecule has 1 aromatic carbocycles. The van der Waals surface area contributed by atoms with E-state index in [0.717, 1.165) is 11.1 Å². The monoisotopic (exact) mass is 442 g/mol. The van der Waals surface area contributed by atoms with Crippen LogP contribution < -0.4 is 0 Å². The Morgan fingerprint density at radius 3 is 2.68 bits per heavy atom. The van der Waals surface area contributed by atoms with E-state index in [-0.39, 0.29) is 25.6 Å². The highest BCUT2D eigenvalue weighted by Gasteiger charge is 2.24. The molecule has 0 unspecified atom stereocenters.